The van der Waals surface area contributed by atoms with Crippen LogP contribution in [0.1, 0.15) is 28.8 Å². The zero-order chi connectivity index (χ0) is 16.2. The molecule has 2 unspecified atom stereocenters. The fraction of sp³-hybridized carbons (Fsp3) is 0.0909. The molecule has 2 atom stereocenters. The second-order valence-corrected chi connectivity index (χ2v) is 5.87. The van der Waals surface area contributed by atoms with Gasteiger partial charge in [-0.2, -0.15) is 0 Å². The molecule has 0 saturated carbocycles. The molecule has 0 spiro atoms. The van der Waals surface area contributed by atoms with Crippen LogP contribution in [-0.2, 0) is 0 Å². The van der Waals surface area contributed by atoms with Gasteiger partial charge in [0.05, 0.1) is 5.71 Å². The summed E-state index contributed by atoms with van der Waals surface area (Å²) in [4.78, 5) is 9.91. The molecule has 0 aliphatic carbocycles. The van der Waals surface area contributed by atoms with Gasteiger partial charge in [0.15, 0.2) is 0 Å². The van der Waals surface area contributed by atoms with Crippen molar-refractivity contribution >= 4 is 11.9 Å². The van der Waals surface area contributed by atoms with Crippen molar-refractivity contribution in [2.24, 2.45) is 9.98 Å². The third-order valence-electron chi connectivity index (χ3n) is 4.29. The largest absolute Gasteiger partial charge is 0.280 e. The Labute approximate surface area is 142 Å². The SMILES string of the molecule is C1=NC(c2ccccc2)C(c2ccccc2)N=C1c1ccccc1. The molecule has 1 heterocycles. The van der Waals surface area contributed by atoms with E-state index >= 15 is 0 Å². The van der Waals surface area contributed by atoms with Crippen molar-refractivity contribution in [3.63, 3.8) is 0 Å². The summed E-state index contributed by atoms with van der Waals surface area (Å²) in [5, 5.41) is 0. The quantitative estimate of drug-likeness (QED) is 0.647. The number of nitrogens with zero attached hydrogens (tertiary/aromatic N) is 2. The second-order valence-electron chi connectivity index (χ2n) is 5.87. The predicted molar refractivity (Wildman–Crippen MR) is 99.8 cm³/mol. The Bertz CT molecular complexity index is 852. The number of aliphatic imine (C=N–C) groups is 2. The van der Waals surface area contributed by atoms with Crippen molar-refractivity contribution in [3.8, 4) is 0 Å². The maximum atomic E-state index is 5.05. The minimum Gasteiger partial charge on any atom is -0.280 e. The second kappa shape index (κ2) is 6.63. The molecule has 1 aliphatic heterocycles. The van der Waals surface area contributed by atoms with E-state index < -0.39 is 0 Å². The minimum absolute atomic E-state index is 0.00574. The van der Waals surface area contributed by atoms with E-state index in [1.165, 1.54) is 11.1 Å². The van der Waals surface area contributed by atoms with Crippen LogP contribution >= 0.6 is 0 Å². The lowest BCUT2D eigenvalue weighted by molar-refractivity contribution is 0.577. The summed E-state index contributed by atoms with van der Waals surface area (Å²) in [7, 11) is 0. The van der Waals surface area contributed by atoms with Crippen molar-refractivity contribution in [3.05, 3.63) is 108 Å². The summed E-state index contributed by atoms with van der Waals surface area (Å²) in [6.07, 6.45) is 1.91. The average Bonchev–Trinajstić information content (AvgIpc) is 2.69. The summed E-state index contributed by atoms with van der Waals surface area (Å²) in [5.74, 6) is 0. The molecule has 0 saturated heterocycles. The molecular weight excluding hydrogens is 292 g/mol. The van der Waals surface area contributed by atoms with Gasteiger partial charge in [-0.3, -0.25) is 9.98 Å². The Kier molecular flexibility index (Phi) is 4.03. The molecule has 4 rings (SSSR count). The Morgan fingerprint density at radius 2 is 1.04 bits per heavy atom. The van der Waals surface area contributed by atoms with Gasteiger partial charge in [0, 0.05) is 11.8 Å². The Balaban J connectivity index is 1.78. The highest BCUT2D eigenvalue weighted by molar-refractivity contribution is 6.38. The molecule has 0 radical (unpaired) electrons. The summed E-state index contributed by atoms with van der Waals surface area (Å²) in [6, 6.07) is 31.1. The van der Waals surface area contributed by atoms with E-state index in [1.54, 1.807) is 0 Å². The molecule has 0 bridgehead atoms. The molecule has 3 aromatic carbocycles. The zero-order valence-electron chi connectivity index (χ0n) is 13.3. The van der Waals surface area contributed by atoms with Crippen molar-refractivity contribution in [1.82, 2.24) is 0 Å². The summed E-state index contributed by atoms with van der Waals surface area (Å²) >= 11 is 0. The lowest BCUT2D eigenvalue weighted by Gasteiger charge is -2.26. The Hall–Kier alpha value is -3.00. The van der Waals surface area contributed by atoms with Gasteiger partial charge >= 0.3 is 0 Å². The van der Waals surface area contributed by atoms with Crippen LogP contribution in [-0.4, -0.2) is 11.9 Å². The Morgan fingerprint density at radius 3 is 1.62 bits per heavy atom. The summed E-state index contributed by atoms with van der Waals surface area (Å²) in [5.41, 5.74) is 4.43. The first-order valence-electron chi connectivity index (χ1n) is 8.18. The minimum atomic E-state index is -0.00574. The van der Waals surface area contributed by atoms with Gasteiger partial charge in [0.2, 0.25) is 0 Å². The van der Waals surface area contributed by atoms with E-state index in [0.29, 0.717) is 0 Å². The molecule has 24 heavy (non-hydrogen) atoms. The highest BCUT2D eigenvalue weighted by Crippen LogP contribution is 2.37. The third kappa shape index (κ3) is 2.91. The molecule has 3 aromatic rings. The standard InChI is InChI=1S/C22H18N2/c1-4-10-17(11-5-1)20-16-23-21(18-12-6-2-7-13-18)22(24-20)19-14-8-3-9-15-19/h1-16,21-22H. The van der Waals surface area contributed by atoms with Crippen molar-refractivity contribution < 1.29 is 0 Å². The van der Waals surface area contributed by atoms with E-state index in [1.807, 2.05) is 36.5 Å². The molecule has 0 fully saturated rings. The van der Waals surface area contributed by atoms with Crippen LogP contribution in [0.2, 0.25) is 0 Å². The Morgan fingerprint density at radius 1 is 0.542 bits per heavy atom. The highest BCUT2D eigenvalue weighted by atomic mass is 15.0. The maximum absolute atomic E-state index is 5.05. The molecule has 0 amide bonds. The first-order chi connectivity index (χ1) is 11.9. The van der Waals surface area contributed by atoms with Crippen LogP contribution in [0.25, 0.3) is 0 Å². The van der Waals surface area contributed by atoms with E-state index in [9.17, 15) is 0 Å². The first kappa shape index (κ1) is 14.6. The van der Waals surface area contributed by atoms with Gasteiger partial charge in [-0.25, -0.2) is 0 Å². The fourth-order valence-electron chi connectivity index (χ4n) is 3.07. The van der Waals surface area contributed by atoms with Gasteiger partial charge in [0.25, 0.3) is 0 Å². The monoisotopic (exact) mass is 310 g/mol. The molecular formula is C22H18N2. The number of hydrogen-bond donors (Lipinski definition) is 0. The van der Waals surface area contributed by atoms with E-state index in [2.05, 4.69) is 60.7 Å². The van der Waals surface area contributed by atoms with E-state index in [4.69, 9.17) is 9.98 Å². The topological polar surface area (TPSA) is 24.7 Å². The van der Waals surface area contributed by atoms with Crippen LogP contribution in [0.3, 0.4) is 0 Å². The van der Waals surface area contributed by atoms with Gasteiger partial charge in [-0.15, -0.1) is 0 Å². The van der Waals surface area contributed by atoms with Gasteiger partial charge in [0.1, 0.15) is 12.1 Å². The van der Waals surface area contributed by atoms with Gasteiger partial charge < -0.3 is 0 Å². The average molecular weight is 310 g/mol. The molecule has 2 nitrogen and oxygen atoms in total. The normalized spacial score (nSPS) is 19.8. The molecule has 116 valence electrons. The maximum Gasteiger partial charge on any atom is 0.102 e. The molecule has 2 heteroatoms. The third-order valence-corrected chi connectivity index (χ3v) is 4.29. The van der Waals surface area contributed by atoms with Gasteiger partial charge in [-0.05, 0) is 11.1 Å². The summed E-state index contributed by atoms with van der Waals surface area (Å²) < 4.78 is 0. The van der Waals surface area contributed by atoms with Crippen molar-refractivity contribution in [2.75, 3.05) is 0 Å². The lowest BCUT2D eigenvalue weighted by Crippen LogP contribution is -2.18. The van der Waals surface area contributed by atoms with Crippen LogP contribution in [0, 0.1) is 0 Å². The van der Waals surface area contributed by atoms with E-state index in [-0.39, 0.29) is 12.1 Å². The van der Waals surface area contributed by atoms with Crippen LogP contribution < -0.4 is 0 Å². The van der Waals surface area contributed by atoms with Crippen molar-refractivity contribution in [1.29, 1.82) is 0 Å². The smallest absolute Gasteiger partial charge is 0.102 e. The number of rotatable bonds is 3. The molecule has 0 aromatic heterocycles. The number of hydrogen-bond acceptors (Lipinski definition) is 2. The zero-order valence-corrected chi connectivity index (χ0v) is 13.3. The number of benzene rings is 3. The molecule has 0 N–H and O–H groups in total. The lowest BCUT2D eigenvalue weighted by atomic mass is 9.92. The highest BCUT2D eigenvalue weighted by Gasteiger charge is 2.26. The fourth-order valence-corrected chi connectivity index (χ4v) is 3.07. The first-order valence-corrected chi connectivity index (χ1v) is 8.18. The van der Waals surface area contributed by atoms with Crippen LogP contribution in [0.5, 0.6) is 0 Å². The van der Waals surface area contributed by atoms with Crippen LogP contribution in [0.15, 0.2) is 101 Å². The van der Waals surface area contributed by atoms with E-state index in [0.717, 1.165) is 11.3 Å². The molecule has 1 aliphatic rings. The van der Waals surface area contributed by atoms with Crippen molar-refractivity contribution in [2.45, 2.75) is 12.1 Å². The van der Waals surface area contributed by atoms with Crippen LogP contribution in [0.4, 0.5) is 0 Å². The van der Waals surface area contributed by atoms with Gasteiger partial charge in [-0.1, -0.05) is 91.0 Å². The predicted octanol–water partition coefficient (Wildman–Crippen LogP) is 5.04. The summed E-state index contributed by atoms with van der Waals surface area (Å²) in [6.45, 7) is 0.